The normalized spacial score (nSPS) is 11.4. The van der Waals surface area contributed by atoms with Gasteiger partial charge in [0.1, 0.15) is 18.2 Å². The molecule has 0 saturated carbocycles. The number of hydrogen-bond acceptors (Lipinski definition) is 2. The zero-order valence-electron chi connectivity index (χ0n) is 16.1. The number of para-hydroxylation sites is 1. The van der Waals surface area contributed by atoms with E-state index in [9.17, 15) is 5.26 Å². The molecule has 0 fully saturated rings. The van der Waals surface area contributed by atoms with Crippen molar-refractivity contribution < 1.29 is 8.98 Å². The Morgan fingerprint density at radius 1 is 0.929 bits per heavy atom. The zero-order chi connectivity index (χ0) is 19.4. The van der Waals surface area contributed by atoms with Crippen LogP contribution in [-0.4, -0.2) is 0 Å². The fourth-order valence-corrected chi connectivity index (χ4v) is 4.11. The molecular formula is C25H19N2O+. The van der Waals surface area contributed by atoms with E-state index in [-0.39, 0.29) is 0 Å². The maximum absolute atomic E-state index is 9.23. The summed E-state index contributed by atoms with van der Waals surface area (Å²) in [6.45, 7) is 4.29. The molecule has 3 nitrogen and oxygen atoms in total. The van der Waals surface area contributed by atoms with Crippen LogP contribution >= 0.6 is 0 Å². The summed E-state index contributed by atoms with van der Waals surface area (Å²) in [5.41, 5.74) is 8.07. The molecule has 3 aromatic carbocycles. The van der Waals surface area contributed by atoms with E-state index in [2.05, 4.69) is 74.0 Å². The largest absolute Gasteiger partial charge is 0.455 e. The van der Waals surface area contributed by atoms with Crippen LogP contribution in [0.2, 0.25) is 0 Å². The van der Waals surface area contributed by atoms with E-state index in [0.717, 1.165) is 33.2 Å². The van der Waals surface area contributed by atoms with Crippen molar-refractivity contribution in [3.63, 3.8) is 0 Å². The highest BCUT2D eigenvalue weighted by Crippen LogP contribution is 2.39. The Labute approximate surface area is 163 Å². The molecule has 0 radical (unpaired) electrons. The van der Waals surface area contributed by atoms with Crippen LogP contribution in [0.1, 0.15) is 16.7 Å². The molecule has 134 valence electrons. The lowest BCUT2D eigenvalue weighted by atomic mass is 9.96. The number of aromatic nitrogens is 1. The number of aryl methyl sites for hydroxylation is 2. The Morgan fingerprint density at radius 2 is 1.75 bits per heavy atom. The van der Waals surface area contributed by atoms with Crippen LogP contribution in [-0.2, 0) is 7.05 Å². The lowest BCUT2D eigenvalue weighted by Gasteiger charge is -2.10. The highest BCUT2D eigenvalue weighted by Gasteiger charge is 2.23. The van der Waals surface area contributed by atoms with Crippen molar-refractivity contribution in [1.82, 2.24) is 0 Å². The molecule has 0 N–H and O–H groups in total. The summed E-state index contributed by atoms with van der Waals surface area (Å²) in [7, 11) is 2.10. The summed E-state index contributed by atoms with van der Waals surface area (Å²) >= 11 is 0. The summed E-state index contributed by atoms with van der Waals surface area (Å²) in [4.78, 5) is 0. The molecule has 0 aliphatic carbocycles. The van der Waals surface area contributed by atoms with E-state index in [1.165, 1.54) is 22.0 Å². The minimum Gasteiger partial charge on any atom is -0.455 e. The fraction of sp³-hybridized carbons (Fsp3) is 0.120. The summed E-state index contributed by atoms with van der Waals surface area (Å²) in [5.74, 6) is 0. The van der Waals surface area contributed by atoms with Crippen molar-refractivity contribution in [1.29, 1.82) is 5.26 Å². The van der Waals surface area contributed by atoms with Crippen molar-refractivity contribution in [3.8, 4) is 17.3 Å². The van der Waals surface area contributed by atoms with Gasteiger partial charge in [0.25, 0.3) is 0 Å². The molecule has 0 unspecified atom stereocenters. The molecule has 2 heterocycles. The molecule has 0 bridgehead atoms. The molecule has 0 aliphatic heterocycles. The first kappa shape index (κ1) is 16.5. The van der Waals surface area contributed by atoms with Gasteiger partial charge in [0.2, 0.25) is 11.2 Å². The average molecular weight is 363 g/mol. The van der Waals surface area contributed by atoms with E-state index >= 15 is 0 Å². The first-order valence-corrected chi connectivity index (χ1v) is 9.33. The van der Waals surface area contributed by atoms with Crippen LogP contribution in [0.4, 0.5) is 0 Å². The first-order valence-electron chi connectivity index (χ1n) is 9.33. The Kier molecular flexibility index (Phi) is 3.50. The third-order valence-electron chi connectivity index (χ3n) is 5.75. The summed E-state index contributed by atoms with van der Waals surface area (Å²) in [6.07, 6.45) is 0. The predicted molar refractivity (Wildman–Crippen MR) is 112 cm³/mol. The van der Waals surface area contributed by atoms with Crippen molar-refractivity contribution in [3.05, 3.63) is 77.4 Å². The summed E-state index contributed by atoms with van der Waals surface area (Å²) in [5, 5.41) is 12.6. The van der Waals surface area contributed by atoms with Gasteiger partial charge in [0, 0.05) is 28.3 Å². The number of benzene rings is 3. The molecule has 5 aromatic rings. The maximum atomic E-state index is 9.23. The number of fused-ring (bicyclic) bond motifs is 4. The Bertz CT molecular complexity index is 1450. The van der Waals surface area contributed by atoms with E-state index in [0.29, 0.717) is 5.56 Å². The van der Waals surface area contributed by atoms with Crippen molar-refractivity contribution in [2.45, 2.75) is 13.8 Å². The number of furan rings is 1. The van der Waals surface area contributed by atoms with Crippen LogP contribution in [0.15, 0.2) is 65.1 Å². The van der Waals surface area contributed by atoms with Gasteiger partial charge in [-0.15, -0.1) is 0 Å². The molecule has 0 aliphatic rings. The molecule has 0 saturated heterocycles. The van der Waals surface area contributed by atoms with Crippen LogP contribution in [0.5, 0.6) is 0 Å². The standard InChI is InChI=1S/C25H19N2O/c1-15-12-20-19-10-8-17(14-26)13-23(19)28-25(20)24(16(15)2)22-11-9-18-6-4-5-7-21(18)27(22)3/h4-13H,1-3H3/q+1. The quantitative estimate of drug-likeness (QED) is 0.357. The van der Waals surface area contributed by atoms with Gasteiger partial charge in [-0.25, -0.2) is 0 Å². The minimum absolute atomic E-state index is 0.609. The number of nitriles is 1. The maximum Gasteiger partial charge on any atom is 0.216 e. The SMILES string of the molecule is Cc1cc2c(oc3cc(C#N)ccc32)c(-c2ccc3ccccc3[n+]2C)c1C. The van der Waals surface area contributed by atoms with Crippen LogP contribution in [0, 0.1) is 25.2 Å². The zero-order valence-corrected chi connectivity index (χ0v) is 16.1. The van der Waals surface area contributed by atoms with Crippen molar-refractivity contribution >= 4 is 32.8 Å². The third kappa shape index (κ3) is 2.25. The van der Waals surface area contributed by atoms with Gasteiger partial charge >= 0.3 is 0 Å². The van der Waals surface area contributed by atoms with Gasteiger partial charge in [0.15, 0.2) is 0 Å². The molecule has 5 rings (SSSR count). The smallest absolute Gasteiger partial charge is 0.216 e. The molecule has 0 amide bonds. The molecule has 3 heteroatoms. The van der Waals surface area contributed by atoms with Gasteiger partial charge < -0.3 is 4.42 Å². The van der Waals surface area contributed by atoms with Gasteiger partial charge in [-0.3, -0.25) is 0 Å². The Hall–Kier alpha value is -3.64. The molecular weight excluding hydrogens is 344 g/mol. The second-order valence-electron chi connectivity index (χ2n) is 7.33. The predicted octanol–water partition coefficient (Wildman–Crippen LogP) is 5.72. The van der Waals surface area contributed by atoms with Gasteiger partial charge in [-0.1, -0.05) is 12.1 Å². The number of pyridine rings is 1. The lowest BCUT2D eigenvalue weighted by molar-refractivity contribution is -0.633. The molecule has 28 heavy (non-hydrogen) atoms. The fourth-order valence-electron chi connectivity index (χ4n) is 4.11. The van der Waals surface area contributed by atoms with Crippen molar-refractivity contribution in [2.75, 3.05) is 0 Å². The highest BCUT2D eigenvalue weighted by atomic mass is 16.3. The van der Waals surface area contributed by atoms with Gasteiger partial charge in [0.05, 0.1) is 17.2 Å². The summed E-state index contributed by atoms with van der Waals surface area (Å²) < 4.78 is 8.55. The number of nitrogens with zero attached hydrogens (tertiary/aromatic N) is 2. The Balaban J connectivity index is 1.93. The van der Waals surface area contributed by atoms with Gasteiger partial charge in [-0.2, -0.15) is 9.83 Å². The van der Waals surface area contributed by atoms with Crippen molar-refractivity contribution in [2.24, 2.45) is 7.05 Å². The molecule has 2 aromatic heterocycles. The van der Waals surface area contributed by atoms with Gasteiger partial charge in [-0.05, 0) is 61.4 Å². The van der Waals surface area contributed by atoms with Crippen LogP contribution in [0.3, 0.4) is 0 Å². The minimum atomic E-state index is 0.609. The topological polar surface area (TPSA) is 40.8 Å². The Morgan fingerprint density at radius 3 is 2.57 bits per heavy atom. The number of rotatable bonds is 1. The second kappa shape index (κ2) is 5.94. The van der Waals surface area contributed by atoms with Crippen LogP contribution in [0.25, 0.3) is 44.1 Å². The van der Waals surface area contributed by atoms with Crippen LogP contribution < -0.4 is 4.57 Å². The van der Waals surface area contributed by atoms with E-state index in [1.807, 2.05) is 18.2 Å². The van der Waals surface area contributed by atoms with E-state index < -0.39 is 0 Å². The summed E-state index contributed by atoms with van der Waals surface area (Å²) in [6, 6.07) is 22.8. The highest BCUT2D eigenvalue weighted by molar-refractivity contribution is 6.10. The average Bonchev–Trinajstić information content (AvgIpc) is 3.07. The third-order valence-corrected chi connectivity index (χ3v) is 5.75. The molecule has 0 atom stereocenters. The second-order valence-corrected chi connectivity index (χ2v) is 7.33. The lowest BCUT2D eigenvalue weighted by Crippen LogP contribution is -2.32. The van der Waals surface area contributed by atoms with E-state index in [4.69, 9.17) is 4.42 Å². The monoisotopic (exact) mass is 363 g/mol. The number of hydrogen-bond donors (Lipinski definition) is 0. The van der Waals surface area contributed by atoms with E-state index in [1.54, 1.807) is 0 Å². The first-order chi connectivity index (χ1) is 13.6. The molecule has 0 spiro atoms.